The molecule has 1 heterocycles. The molecule has 0 amide bonds. The van der Waals surface area contributed by atoms with Crippen molar-refractivity contribution in [1.29, 1.82) is 0 Å². The minimum Gasteiger partial charge on any atom is -0.286 e. The summed E-state index contributed by atoms with van der Waals surface area (Å²) >= 11 is 11.8. The molecular formula is C14H6ClI2NOS. The van der Waals surface area contributed by atoms with E-state index in [0.717, 1.165) is 17.4 Å². The van der Waals surface area contributed by atoms with Crippen LogP contribution in [0.3, 0.4) is 0 Å². The molecule has 3 aromatic rings. The minimum atomic E-state index is -0.0614. The Labute approximate surface area is 151 Å². The Hall–Kier alpha value is -0.250. The fourth-order valence-electron chi connectivity index (χ4n) is 1.78. The molecule has 3 rings (SSSR count). The van der Waals surface area contributed by atoms with Crippen LogP contribution in [0.15, 0.2) is 36.4 Å². The zero-order valence-electron chi connectivity index (χ0n) is 9.86. The molecule has 0 aliphatic carbocycles. The number of ketones is 1. The molecule has 2 nitrogen and oxygen atoms in total. The molecule has 20 heavy (non-hydrogen) atoms. The third kappa shape index (κ3) is 2.86. The highest BCUT2D eigenvalue weighted by Gasteiger charge is 2.16. The summed E-state index contributed by atoms with van der Waals surface area (Å²) in [4.78, 5) is 16.9. The maximum absolute atomic E-state index is 12.4. The number of carbonyl (C=O) groups is 1. The highest BCUT2D eigenvalue weighted by Crippen LogP contribution is 2.29. The van der Waals surface area contributed by atoms with Crippen LogP contribution in [0.5, 0.6) is 0 Å². The molecule has 1 aromatic heterocycles. The van der Waals surface area contributed by atoms with E-state index in [-0.39, 0.29) is 5.78 Å². The van der Waals surface area contributed by atoms with Crippen LogP contribution in [-0.4, -0.2) is 10.8 Å². The maximum Gasteiger partial charge on any atom is 0.221 e. The summed E-state index contributed by atoms with van der Waals surface area (Å²) in [5.41, 5.74) is 1.51. The Balaban J connectivity index is 2.08. The molecule has 0 N–H and O–H groups in total. The normalized spacial score (nSPS) is 10.9. The predicted molar refractivity (Wildman–Crippen MR) is 99.9 cm³/mol. The standard InChI is InChI=1S/C14H6ClI2NOS/c15-8-3-1-7(2-4-8)13(19)14-18-12-10(17)5-9(16)6-11(12)20-14/h1-6H. The maximum atomic E-state index is 12.4. The van der Waals surface area contributed by atoms with Crippen LogP contribution in [0.4, 0.5) is 0 Å². The lowest BCUT2D eigenvalue weighted by Crippen LogP contribution is -1.99. The first kappa shape index (κ1) is 14.7. The lowest BCUT2D eigenvalue weighted by Gasteiger charge is -1.96. The molecule has 6 heteroatoms. The van der Waals surface area contributed by atoms with Gasteiger partial charge < -0.3 is 0 Å². The number of thiazole rings is 1. The van der Waals surface area contributed by atoms with Gasteiger partial charge in [0.2, 0.25) is 5.78 Å². The fraction of sp³-hybridized carbons (Fsp3) is 0. The smallest absolute Gasteiger partial charge is 0.221 e. The molecule has 0 aliphatic rings. The molecule has 0 radical (unpaired) electrons. The SMILES string of the molecule is O=C(c1ccc(Cl)cc1)c1nc2c(I)cc(I)cc2s1. The van der Waals surface area contributed by atoms with Gasteiger partial charge in [0, 0.05) is 17.7 Å². The van der Waals surface area contributed by atoms with Crippen LogP contribution in [0.1, 0.15) is 15.4 Å². The van der Waals surface area contributed by atoms with E-state index in [1.165, 1.54) is 11.3 Å². The van der Waals surface area contributed by atoms with Gasteiger partial charge in [-0.2, -0.15) is 0 Å². The quantitative estimate of drug-likeness (QED) is 0.332. The molecule has 2 aromatic carbocycles. The largest absolute Gasteiger partial charge is 0.286 e. The number of aromatic nitrogens is 1. The number of halogens is 3. The van der Waals surface area contributed by atoms with Crippen LogP contribution in [0, 0.1) is 7.14 Å². The zero-order valence-corrected chi connectivity index (χ0v) is 15.7. The molecular weight excluding hydrogens is 519 g/mol. The monoisotopic (exact) mass is 525 g/mol. The topological polar surface area (TPSA) is 30.0 Å². The summed E-state index contributed by atoms with van der Waals surface area (Å²) in [7, 11) is 0. The van der Waals surface area contributed by atoms with Gasteiger partial charge in [-0.3, -0.25) is 4.79 Å². The number of carbonyl (C=O) groups excluding carboxylic acids is 1. The van der Waals surface area contributed by atoms with Gasteiger partial charge in [0.25, 0.3) is 0 Å². The van der Waals surface area contributed by atoms with Crippen molar-refractivity contribution in [3.05, 3.63) is 59.1 Å². The van der Waals surface area contributed by atoms with E-state index in [9.17, 15) is 4.79 Å². The van der Waals surface area contributed by atoms with Gasteiger partial charge in [0.05, 0.1) is 10.2 Å². The molecule has 0 atom stereocenters. The van der Waals surface area contributed by atoms with Crippen molar-refractivity contribution in [2.75, 3.05) is 0 Å². The first-order valence-electron chi connectivity index (χ1n) is 5.60. The zero-order chi connectivity index (χ0) is 14.3. The van der Waals surface area contributed by atoms with E-state index in [1.54, 1.807) is 24.3 Å². The Morgan fingerprint density at radius 3 is 2.55 bits per heavy atom. The number of benzene rings is 2. The van der Waals surface area contributed by atoms with Gasteiger partial charge in [-0.1, -0.05) is 11.6 Å². The summed E-state index contributed by atoms with van der Waals surface area (Å²) in [5.74, 6) is -0.0614. The molecule has 0 unspecified atom stereocenters. The molecule has 0 saturated heterocycles. The number of rotatable bonds is 2. The highest BCUT2D eigenvalue weighted by molar-refractivity contribution is 14.1. The van der Waals surface area contributed by atoms with Crippen LogP contribution >= 0.6 is 68.1 Å². The predicted octanol–water partition coefficient (Wildman–Crippen LogP) is 5.39. The van der Waals surface area contributed by atoms with Crippen LogP contribution in [0.25, 0.3) is 10.2 Å². The van der Waals surface area contributed by atoms with Crippen molar-refractivity contribution in [2.24, 2.45) is 0 Å². The summed E-state index contributed by atoms with van der Waals surface area (Å²) in [6, 6.07) is 11.0. The Kier molecular flexibility index (Phi) is 4.30. The van der Waals surface area contributed by atoms with E-state index >= 15 is 0 Å². The van der Waals surface area contributed by atoms with Crippen molar-refractivity contribution < 1.29 is 4.79 Å². The van der Waals surface area contributed by atoms with E-state index in [0.29, 0.717) is 15.6 Å². The van der Waals surface area contributed by atoms with Crippen molar-refractivity contribution >= 4 is 84.1 Å². The summed E-state index contributed by atoms with van der Waals surface area (Å²) < 4.78 is 3.25. The minimum absolute atomic E-state index is 0.0614. The fourth-order valence-corrected chi connectivity index (χ4v) is 5.26. The van der Waals surface area contributed by atoms with Gasteiger partial charge in [-0.25, -0.2) is 4.98 Å². The van der Waals surface area contributed by atoms with Crippen molar-refractivity contribution in [3.8, 4) is 0 Å². The van der Waals surface area contributed by atoms with E-state index in [4.69, 9.17) is 11.6 Å². The van der Waals surface area contributed by atoms with Gasteiger partial charge in [-0.15, -0.1) is 11.3 Å². The summed E-state index contributed by atoms with van der Waals surface area (Å²) in [6.45, 7) is 0. The highest BCUT2D eigenvalue weighted by atomic mass is 127. The first-order valence-corrected chi connectivity index (χ1v) is 8.95. The van der Waals surface area contributed by atoms with Crippen LogP contribution < -0.4 is 0 Å². The third-order valence-electron chi connectivity index (χ3n) is 2.71. The van der Waals surface area contributed by atoms with Gasteiger partial charge in [-0.05, 0) is 81.6 Å². The Morgan fingerprint density at radius 1 is 1.15 bits per heavy atom. The van der Waals surface area contributed by atoms with Gasteiger partial charge in [0.1, 0.15) is 0 Å². The Bertz CT molecular complexity index is 814. The second-order valence-electron chi connectivity index (χ2n) is 4.09. The molecule has 0 spiro atoms. The second kappa shape index (κ2) is 5.86. The van der Waals surface area contributed by atoms with E-state index in [2.05, 4.69) is 56.2 Å². The Morgan fingerprint density at radius 2 is 1.85 bits per heavy atom. The summed E-state index contributed by atoms with van der Waals surface area (Å²) in [6.07, 6.45) is 0. The van der Waals surface area contributed by atoms with Gasteiger partial charge in [0.15, 0.2) is 5.01 Å². The second-order valence-corrected chi connectivity index (χ2v) is 7.96. The molecule has 0 saturated carbocycles. The lowest BCUT2D eigenvalue weighted by atomic mass is 10.1. The molecule has 0 fully saturated rings. The number of fused-ring (bicyclic) bond motifs is 1. The molecule has 100 valence electrons. The van der Waals surface area contributed by atoms with Crippen LogP contribution in [-0.2, 0) is 0 Å². The van der Waals surface area contributed by atoms with Crippen LogP contribution in [0.2, 0.25) is 5.02 Å². The molecule has 0 bridgehead atoms. The number of nitrogens with zero attached hydrogens (tertiary/aromatic N) is 1. The van der Waals surface area contributed by atoms with Crippen molar-refractivity contribution in [3.63, 3.8) is 0 Å². The number of hydrogen-bond donors (Lipinski definition) is 0. The average molecular weight is 526 g/mol. The molecule has 0 aliphatic heterocycles. The van der Waals surface area contributed by atoms with Crippen molar-refractivity contribution in [2.45, 2.75) is 0 Å². The van der Waals surface area contributed by atoms with E-state index < -0.39 is 0 Å². The average Bonchev–Trinajstić information content (AvgIpc) is 2.83. The van der Waals surface area contributed by atoms with Gasteiger partial charge >= 0.3 is 0 Å². The third-order valence-corrected chi connectivity index (χ3v) is 5.41. The summed E-state index contributed by atoms with van der Waals surface area (Å²) in [5, 5.41) is 1.14. The number of hydrogen-bond acceptors (Lipinski definition) is 3. The van der Waals surface area contributed by atoms with E-state index in [1.807, 2.05) is 6.07 Å². The lowest BCUT2D eigenvalue weighted by molar-refractivity contribution is 0.103. The van der Waals surface area contributed by atoms with Crippen molar-refractivity contribution in [1.82, 2.24) is 4.98 Å². The first-order chi connectivity index (χ1) is 9.54.